The van der Waals surface area contributed by atoms with Crippen molar-refractivity contribution in [3.8, 4) is 0 Å². The lowest BCUT2D eigenvalue weighted by Gasteiger charge is -2.23. The normalized spacial score (nSPS) is 18.5. The average Bonchev–Trinajstić information content (AvgIpc) is 2.81. The highest BCUT2D eigenvalue weighted by Crippen LogP contribution is 2.33. The molecule has 0 saturated heterocycles. The highest BCUT2D eigenvalue weighted by Gasteiger charge is 2.20. The summed E-state index contributed by atoms with van der Waals surface area (Å²) in [4.78, 5) is 4.45. The highest BCUT2D eigenvalue weighted by atomic mass is 15.2. The molecule has 1 aliphatic rings. The fourth-order valence-corrected chi connectivity index (χ4v) is 3.65. The molecule has 3 N–H and O–H groups in total. The first-order valence-electron chi connectivity index (χ1n) is 8.18. The molecule has 1 fully saturated rings. The molecule has 0 radical (unpaired) electrons. The third kappa shape index (κ3) is 3.42. The summed E-state index contributed by atoms with van der Waals surface area (Å²) in [5.41, 5.74) is 5.39. The van der Waals surface area contributed by atoms with Gasteiger partial charge in [0.05, 0.1) is 5.52 Å². The van der Waals surface area contributed by atoms with Crippen molar-refractivity contribution in [3.05, 3.63) is 42.1 Å². The van der Waals surface area contributed by atoms with E-state index < -0.39 is 0 Å². The Labute approximate surface area is 126 Å². The number of hydrogen-bond acceptors (Lipinski definition) is 3. The second-order valence-corrected chi connectivity index (χ2v) is 6.23. The number of fused-ring (bicyclic) bond motifs is 1. The Kier molecular flexibility index (Phi) is 4.84. The van der Waals surface area contributed by atoms with E-state index in [-0.39, 0.29) is 6.04 Å². The van der Waals surface area contributed by atoms with E-state index in [0.717, 1.165) is 17.9 Å². The first kappa shape index (κ1) is 14.5. The summed E-state index contributed by atoms with van der Waals surface area (Å²) in [6.07, 6.45) is 11.2. The highest BCUT2D eigenvalue weighted by molar-refractivity contribution is 5.82. The molecule has 1 saturated carbocycles. The van der Waals surface area contributed by atoms with Gasteiger partial charge in [0.25, 0.3) is 0 Å². The number of nitrogens with one attached hydrogen (secondary N) is 1. The van der Waals surface area contributed by atoms with Gasteiger partial charge in [-0.15, -0.1) is 0 Å². The molecule has 2 aromatic rings. The van der Waals surface area contributed by atoms with Gasteiger partial charge in [-0.2, -0.15) is 0 Å². The lowest BCUT2D eigenvalue weighted by Crippen LogP contribution is -2.30. The molecule has 1 unspecified atom stereocenters. The third-order valence-electron chi connectivity index (χ3n) is 4.80. The van der Waals surface area contributed by atoms with Crippen LogP contribution in [-0.4, -0.2) is 4.98 Å². The number of nitrogens with zero attached hydrogens (tertiary/aromatic N) is 1. The second-order valence-electron chi connectivity index (χ2n) is 6.23. The topological polar surface area (TPSA) is 50.9 Å². The van der Waals surface area contributed by atoms with Gasteiger partial charge >= 0.3 is 0 Å². The minimum absolute atomic E-state index is 0.223. The van der Waals surface area contributed by atoms with Gasteiger partial charge in [-0.3, -0.25) is 16.3 Å². The maximum absolute atomic E-state index is 5.88. The molecular formula is C18H25N3. The zero-order valence-electron chi connectivity index (χ0n) is 12.6. The van der Waals surface area contributed by atoms with Gasteiger partial charge in [-0.1, -0.05) is 56.7 Å². The van der Waals surface area contributed by atoms with Crippen LogP contribution in [0, 0.1) is 5.92 Å². The molecule has 3 heteroatoms. The number of hydrazine groups is 1. The van der Waals surface area contributed by atoms with E-state index in [1.54, 1.807) is 0 Å². The Morgan fingerprint density at radius 1 is 1.10 bits per heavy atom. The van der Waals surface area contributed by atoms with E-state index in [0.29, 0.717) is 0 Å². The van der Waals surface area contributed by atoms with Gasteiger partial charge in [-0.05, 0) is 30.0 Å². The Balaban J connectivity index is 1.84. The van der Waals surface area contributed by atoms with Crippen LogP contribution in [0.5, 0.6) is 0 Å². The zero-order chi connectivity index (χ0) is 14.5. The molecule has 1 aromatic carbocycles. The fraction of sp³-hybridized carbons (Fsp3) is 0.500. The summed E-state index contributed by atoms with van der Waals surface area (Å²) < 4.78 is 0. The molecule has 0 bridgehead atoms. The summed E-state index contributed by atoms with van der Waals surface area (Å²) in [6.45, 7) is 0. The summed E-state index contributed by atoms with van der Waals surface area (Å²) in [5, 5.41) is 1.22. The molecule has 3 nitrogen and oxygen atoms in total. The number of aromatic nitrogens is 1. The molecule has 0 spiro atoms. The first-order valence-corrected chi connectivity index (χ1v) is 8.18. The van der Waals surface area contributed by atoms with Crippen LogP contribution in [0.25, 0.3) is 10.9 Å². The standard InChI is InChI=1S/C18H25N3/c19-21-18(13-14-7-3-1-2-4-8-14)16-9-5-11-17-15(16)10-6-12-20-17/h5-6,9-12,14,18,21H,1-4,7-8,13,19H2. The molecule has 0 amide bonds. The van der Waals surface area contributed by atoms with Crippen molar-refractivity contribution < 1.29 is 0 Å². The molecule has 1 heterocycles. The summed E-state index contributed by atoms with van der Waals surface area (Å²) in [5.74, 6) is 6.67. The molecule has 21 heavy (non-hydrogen) atoms. The zero-order valence-corrected chi connectivity index (χ0v) is 12.6. The van der Waals surface area contributed by atoms with E-state index in [4.69, 9.17) is 5.84 Å². The van der Waals surface area contributed by atoms with Crippen molar-refractivity contribution in [2.24, 2.45) is 11.8 Å². The van der Waals surface area contributed by atoms with Crippen LogP contribution in [0.15, 0.2) is 36.5 Å². The molecule has 1 aliphatic carbocycles. The van der Waals surface area contributed by atoms with E-state index >= 15 is 0 Å². The number of benzene rings is 1. The van der Waals surface area contributed by atoms with E-state index in [2.05, 4.69) is 34.7 Å². The van der Waals surface area contributed by atoms with Gasteiger partial charge in [0, 0.05) is 17.6 Å². The lowest BCUT2D eigenvalue weighted by atomic mass is 9.88. The molecule has 1 atom stereocenters. The van der Waals surface area contributed by atoms with Gasteiger partial charge in [0.15, 0.2) is 0 Å². The number of rotatable bonds is 4. The van der Waals surface area contributed by atoms with E-state index in [9.17, 15) is 0 Å². The van der Waals surface area contributed by atoms with Crippen molar-refractivity contribution in [1.82, 2.24) is 10.4 Å². The minimum atomic E-state index is 0.223. The van der Waals surface area contributed by atoms with E-state index in [1.165, 1.54) is 49.5 Å². The lowest BCUT2D eigenvalue weighted by molar-refractivity contribution is 0.360. The number of nitrogens with two attached hydrogens (primary N) is 1. The minimum Gasteiger partial charge on any atom is -0.271 e. The maximum Gasteiger partial charge on any atom is 0.0705 e. The fourth-order valence-electron chi connectivity index (χ4n) is 3.65. The Bertz CT molecular complexity index is 568. The summed E-state index contributed by atoms with van der Waals surface area (Å²) >= 11 is 0. The third-order valence-corrected chi connectivity index (χ3v) is 4.80. The smallest absolute Gasteiger partial charge is 0.0705 e. The van der Waals surface area contributed by atoms with Crippen LogP contribution >= 0.6 is 0 Å². The van der Waals surface area contributed by atoms with Gasteiger partial charge in [0.2, 0.25) is 0 Å². The quantitative estimate of drug-likeness (QED) is 0.504. The number of pyridine rings is 1. The van der Waals surface area contributed by atoms with E-state index in [1.807, 2.05) is 12.3 Å². The van der Waals surface area contributed by atoms with Crippen LogP contribution in [0.4, 0.5) is 0 Å². The monoisotopic (exact) mass is 283 g/mol. The van der Waals surface area contributed by atoms with Crippen molar-refractivity contribution >= 4 is 10.9 Å². The Morgan fingerprint density at radius 3 is 2.67 bits per heavy atom. The summed E-state index contributed by atoms with van der Waals surface area (Å²) in [7, 11) is 0. The average molecular weight is 283 g/mol. The van der Waals surface area contributed by atoms with Crippen LogP contribution in [0.2, 0.25) is 0 Å². The molecule has 112 valence electrons. The van der Waals surface area contributed by atoms with Gasteiger partial charge in [0.1, 0.15) is 0 Å². The molecule has 3 rings (SSSR count). The maximum atomic E-state index is 5.88. The Morgan fingerprint density at radius 2 is 1.90 bits per heavy atom. The van der Waals surface area contributed by atoms with Crippen LogP contribution in [0.1, 0.15) is 56.6 Å². The molecule has 0 aliphatic heterocycles. The summed E-state index contributed by atoms with van der Waals surface area (Å²) in [6, 6.07) is 10.7. The second kappa shape index (κ2) is 7.01. The van der Waals surface area contributed by atoms with Crippen LogP contribution in [-0.2, 0) is 0 Å². The number of hydrogen-bond donors (Lipinski definition) is 2. The Hall–Kier alpha value is -1.45. The van der Waals surface area contributed by atoms with Crippen LogP contribution < -0.4 is 11.3 Å². The predicted molar refractivity (Wildman–Crippen MR) is 87.6 cm³/mol. The SMILES string of the molecule is NNC(CC1CCCCCC1)c1cccc2ncccc12. The van der Waals surface area contributed by atoms with Crippen molar-refractivity contribution in [3.63, 3.8) is 0 Å². The van der Waals surface area contributed by atoms with Crippen LogP contribution in [0.3, 0.4) is 0 Å². The van der Waals surface area contributed by atoms with Gasteiger partial charge in [-0.25, -0.2) is 0 Å². The first-order chi connectivity index (χ1) is 10.4. The predicted octanol–water partition coefficient (Wildman–Crippen LogP) is 4.10. The van der Waals surface area contributed by atoms with Crippen molar-refractivity contribution in [2.75, 3.05) is 0 Å². The molecule has 1 aromatic heterocycles. The largest absolute Gasteiger partial charge is 0.271 e. The van der Waals surface area contributed by atoms with Crippen molar-refractivity contribution in [2.45, 2.75) is 51.0 Å². The molecular weight excluding hydrogens is 258 g/mol. The van der Waals surface area contributed by atoms with Gasteiger partial charge < -0.3 is 0 Å². The van der Waals surface area contributed by atoms with Crippen molar-refractivity contribution in [1.29, 1.82) is 0 Å².